The molecule has 1 aromatic carbocycles. The molecule has 9 nitrogen and oxygen atoms in total. The van der Waals surface area contributed by atoms with Crippen molar-refractivity contribution < 1.29 is 18.0 Å². The van der Waals surface area contributed by atoms with Crippen molar-refractivity contribution in [2.75, 3.05) is 23.7 Å². The number of carbonyl (C=O) groups is 2. The number of hydrogen-bond acceptors (Lipinski definition) is 5. The number of nitrogens with one attached hydrogen (secondary N) is 3. The summed E-state index contributed by atoms with van der Waals surface area (Å²) in [6.07, 6.45) is 3.79. The molecule has 3 rings (SSSR count). The number of carbonyl (C=O) groups excluding carboxylic acids is 2. The van der Waals surface area contributed by atoms with Crippen LogP contribution in [0.1, 0.15) is 19.8 Å². The van der Waals surface area contributed by atoms with Crippen LogP contribution < -0.4 is 10.6 Å². The third-order valence-electron chi connectivity index (χ3n) is 4.32. The van der Waals surface area contributed by atoms with E-state index in [0.717, 1.165) is 0 Å². The SMILES string of the molecule is CC(=O)Nc1ccc(NC(=O)C2CCCN(S(=O)(=O)c3cnc[nH]3)C2)cc1. The molecule has 1 atom stereocenters. The Labute approximate surface area is 157 Å². The smallest absolute Gasteiger partial charge is 0.260 e. The highest BCUT2D eigenvalue weighted by Gasteiger charge is 2.34. The number of imidazole rings is 1. The Morgan fingerprint density at radius 2 is 1.85 bits per heavy atom. The van der Waals surface area contributed by atoms with E-state index in [-0.39, 0.29) is 23.4 Å². The van der Waals surface area contributed by atoms with Gasteiger partial charge in [-0.25, -0.2) is 13.4 Å². The van der Waals surface area contributed by atoms with Crippen LogP contribution in [-0.2, 0) is 19.6 Å². The van der Waals surface area contributed by atoms with Crippen LogP contribution in [0.4, 0.5) is 11.4 Å². The molecule has 1 unspecified atom stereocenters. The molecule has 0 bridgehead atoms. The second-order valence-corrected chi connectivity index (χ2v) is 8.27. The Morgan fingerprint density at radius 3 is 2.44 bits per heavy atom. The number of aromatic nitrogens is 2. The molecule has 0 aliphatic carbocycles. The third kappa shape index (κ3) is 4.52. The topological polar surface area (TPSA) is 124 Å². The molecule has 27 heavy (non-hydrogen) atoms. The average Bonchev–Trinajstić information content (AvgIpc) is 3.18. The first-order valence-electron chi connectivity index (χ1n) is 8.53. The van der Waals surface area contributed by atoms with Crippen molar-refractivity contribution in [1.82, 2.24) is 14.3 Å². The average molecular weight is 391 g/mol. The van der Waals surface area contributed by atoms with Crippen LogP contribution >= 0.6 is 0 Å². The van der Waals surface area contributed by atoms with E-state index >= 15 is 0 Å². The zero-order valence-corrected chi connectivity index (χ0v) is 15.6. The summed E-state index contributed by atoms with van der Waals surface area (Å²) in [6, 6.07) is 6.75. The summed E-state index contributed by atoms with van der Waals surface area (Å²) < 4.78 is 26.5. The summed E-state index contributed by atoms with van der Waals surface area (Å²) in [7, 11) is -3.68. The molecule has 0 radical (unpaired) electrons. The lowest BCUT2D eigenvalue weighted by molar-refractivity contribution is -0.121. The van der Waals surface area contributed by atoms with Gasteiger partial charge in [0.2, 0.25) is 11.8 Å². The van der Waals surface area contributed by atoms with Gasteiger partial charge in [0.05, 0.1) is 18.4 Å². The third-order valence-corrected chi connectivity index (χ3v) is 6.11. The molecule has 1 aliphatic heterocycles. The van der Waals surface area contributed by atoms with Gasteiger partial charge in [-0.3, -0.25) is 9.59 Å². The Morgan fingerprint density at radius 1 is 1.19 bits per heavy atom. The van der Waals surface area contributed by atoms with Crippen LogP contribution in [0.2, 0.25) is 0 Å². The largest absolute Gasteiger partial charge is 0.335 e. The minimum absolute atomic E-state index is 0.0251. The number of benzene rings is 1. The molecule has 144 valence electrons. The highest BCUT2D eigenvalue weighted by Crippen LogP contribution is 2.24. The fraction of sp³-hybridized carbons (Fsp3) is 0.353. The summed E-state index contributed by atoms with van der Waals surface area (Å²) in [5, 5.41) is 5.48. The van der Waals surface area contributed by atoms with Gasteiger partial charge in [-0.15, -0.1) is 0 Å². The second kappa shape index (κ2) is 7.89. The van der Waals surface area contributed by atoms with Gasteiger partial charge in [0.15, 0.2) is 5.03 Å². The molecular formula is C17H21N5O4S. The molecule has 0 saturated carbocycles. The fourth-order valence-electron chi connectivity index (χ4n) is 2.98. The molecule has 2 heterocycles. The molecule has 0 spiro atoms. The van der Waals surface area contributed by atoms with Crippen LogP contribution in [0.15, 0.2) is 41.8 Å². The van der Waals surface area contributed by atoms with Crippen molar-refractivity contribution in [2.45, 2.75) is 24.8 Å². The van der Waals surface area contributed by atoms with Gasteiger partial charge in [-0.1, -0.05) is 0 Å². The first-order chi connectivity index (χ1) is 12.9. The summed E-state index contributed by atoms with van der Waals surface area (Å²) in [6.45, 7) is 1.91. The maximum Gasteiger partial charge on any atom is 0.260 e. The van der Waals surface area contributed by atoms with Crippen LogP contribution in [0.25, 0.3) is 0 Å². The summed E-state index contributed by atoms with van der Waals surface area (Å²) >= 11 is 0. The van der Waals surface area contributed by atoms with Gasteiger partial charge >= 0.3 is 0 Å². The fourth-order valence-corrected chi connectivity index (χ4v) is 4.40. The van der Waals surface area contributed by atoms with E-state index in [0.29, 0.717) is 30.8 Å². The Hall–Kier alpha value is -2.72. The number of rotatable bonds is 5. The number of sulfonamides is 1. The first kappa shape index (κ1) is 19.1. The zero-order chi connectivity index (χ0) is 19.4. The Balaban J connectivity index is 1.64. The van der Waals surface area contributed by atoms with Crippen LogP contribution in [0, 0.1) is 5.92 Å². The van der Waals surface area contributed by atoms with Crippen molar-refractivity contribution in [3.8, 4) is 0 Å². The molecule has 1 aliphatic rings. The normalized spacial score (nSPS) is 18.0. The van der Waals surface area contributed by atoms with Crippen molar-refractivity contribution in [1.29, 1.82) is 0 Å². The number of aromatic amines is 1. The van der Waals surface area contributed by atoms with Gasteiger partial charge in [-0.05, 0) is 37.1 Å². The second-order valence-electron chi connectivity index (χ2n) is 6.37. The van der Waals surface area contributed by atoms with Gasteiger partial charge in [-0.2, -0.15) is 4.31 Å². The monoisotopic (exact) mass is 391 g/mol. The lowest BCUT2D eigenvalue weighted by Crippen LogP contribution is -2.43. The molecule has 10 heteroatoms. The molecule has 2 amide bonds. The number of amides is 2. The Bertz CT molecular complexity index is 909. The Kier molecular flexibility index (Phi) is 5.57. The number of piperidine rings is 1. The maximum atomic E-state index is 12.6. The van der Waals surface area contributed by atoms with Crippen LogP contribution in [-0.4, -0.2) is 47.6 Å². The van der Waals surface area contributed by atoms with Gasteiger partial charge in [0, 0.05) is 31.4 Å². The molecule has 1 saturated heterocycles. The highest BCUT2D eigenvalue weighted by atomic mass is 32.2. The first-order valence-corrected chi connectivity index (χ1v) is 9.97. The van der Waals surface area contributed by atoms with E-state index in [1.165, 1.54) is 23.8 Å². The lowest BCUT2D eigenvalue weighted by Gasteiger charge is -2.30. The minimum atomic E-state index is -3.68. The van der Waals surface area contributed by atoms with Crippen LogP contribution in [0.3, 0.4) is 0 Å². The zero-order valence-electron chi connectivity index (χ0n) is 14.8. The van der Waals surface area contributed by atoms with Crippen molar-refractivity contribution in [3.63, 3.8) is 0 Å². The van der Waals surface area contributed by atoms with Gasteiger partial charge in [0.1, 0.15) is 0 Å². The van der Waals surface area contributed by atoms with E-state index in [2.05, 4.69) is 20.6 Å². The predicted molar refractivity (Wildman–Crippen MR) is 99.4 cm³/mol. The van der Waals surface area contributed by atoms with Gasteiger partial charge in [0.25, 0.3) is 10.0 Å². The molecule has 1 fully saturated rings. The lowest BCUT2D eigenvalue weighted by atomic mass is 9.98. The summed E-state index contributed by atoms with van der Waals surface area (Å²) in [5.41, 5.74) is 1.22. The quantitative estimate of drug-likeness (QED) is 0.711. The van der Waals surface area contributed by atoms with E-state index in [9.17, 15) is 18.0 Å². The maximum absolute atomic E-state index is 12.6. The van der Waals surface area contributed by atoms with E-state index < -0.39 is 15.9 Å². The van der Waals surface area contributed by atoms with E-state index in [1.54, 1.807) is 24.3 Å². The van der Waals surface area contributed by atoms with Crippen molar-refractivity contribution in [2.24, 2.45) is 5.92 Å². The van der Waals surface area contributed by atoms with Crippen LogP contribution in [0.5, 0.6) is 0 Å². The number of nitrogens with zero attached hydrogens (tertiary/aromatic N) is 2. The molecule has 2 aromatic rings. The van der Waals surface area contributed by atoms with Crippen molar-refractivity contribution >= 4 is 33.2 Å². The summed E-state index contributed by atoms with van der Waals surface area (Å²) in [4.78, 5) is 30.0. The number of anilines is 2. The predicted octanol–water partition coefficient (Wildman–Crippen LogP) is 1.41. The number of hydrogen-bond donors (Lipinski definition) is 3. The van der Waals surface area contributed by atoms with E-state index in [1.807, 2.05) is 0 Å². The van der Waals surface area contributed by atoms with Crippen molar-refractivity contribution in [3.05, 3.63) is 36.8 Å². The molecule has 3 N–H and O–H groups in total. The minimum Gasteiger partial charge on any atom is -0.335 e. The van der Waals surface area contributed by atoms with E-state index in [4.69, 9.17) is 0 Å². The van der Waals surface area contributed by atoms with Gasteiger partial charge < -0.3 is 15.6 Å². The molecular weight excluding hydrogens is 370 g/mol. The summed E-state index contributed by atoms with van der Waals surface area (Å²) in [5.74, 6) is -0.842. The molecule has 1 aromatic heterocycles. The number of H-pyrrole nitrogens is 1. The highest BCUT2D eigenvalue weighted by molar-refractivity contribution is 7.89. The standard InChI is InChI=1S/C17H21N5O4S/c1-12(23)20-14-4-6-15(7-5-14)21-17(24)13-3-2-8-22(10-13)27(25,26)16-9-18-11-19-16/h4-7,9,11,13H,2-3,8,10H2,1H3,(H,18,19)(H,20,23)(H,21,24).